The Balaban J connectivity index is 1.92. The fourth-order valence-corrected chi connectivity index (χ4v) is 4.54. The highest BCUT2D eigenvalue weighted by Gasteiger charge is 2.28. The predicted octanol–water partition coefficient (Wildman–Crippen LogP) is 5.10. The van der Waals surface area contributed by atoms with E-state index in [2.05, 4.69) is 39.9 Å². The summed E-state index contributed by atoms with van der Waals surface area (Å²) in [6, 6.07) is 10.7. The van der Waals surface area contributed by atoms with Crippen LogP contribution in [0, 0.1) is 17.2 Å². The molecule has 5 nitrogen and oxygen atoms in total. The Labute approximate surface area is 159 Å². The average molecular weight is 371 g/mol. The zero-order valence-electron chi connectivity index (χ0n) is 15.5. The van der Waals surface area contributed by atoms with E-state index in [4.69, 9.17) is 10.00 Å². The van der Waals surface area contributed by atoms with Gasteiger partial charge in [-0.15, -0.1) is 10.2 Å². The molecule has 2 aromatic rings. The van der Waals surface area contributed by atoms with Crippen LogP contribution in [-0.4, -0.2) is 27.6 Å². The Hall–Kier alpha value is -2.00. The highest BCUT2D eigenvalue weighted by molar-refractivity contribution is 7.99. The van der Waals surface area contributed by atoms with E-state index in [-0.39, 0.29) is 0 Å². The summed E-state index contributed by atoms with van der Waals surface area (Å²) >= 11 is 1.72. The summed E-state index contributed by atoms with van der Waals surface area (Å²) < 4.78 is 7.63. The van der Waals surface area contributed by atoms with Gasteiger partial charge in [0.1, 0.15) is 5.75 Å². The van der Waals surface area contributed by atoms with Crippen molar-refractivity contribution in [2.75, 3.05) is 12.9 Å². The molecule has 0 bridgehead atoms. The minimum absolute atomic E-state index is 0.439. The molecular formula is C20H26N4OS. The zero-order valence-corrected chi connectivity index (χ0v) is 16.3. The van der Waals surface area contributed by atoms with Crippen molar-refractivity contribution in [3.05, 3.63) is 24.3 Å². The molecule has 0 N–H and O–H groups in total. The summed E-state index contributed by atoms with van der Waals surface area (Å²) in [5.41, 5.74) is 1.07. The summed E-state index contributed by atoms with van der Waals surface area (Å²) in [7, 11) is 1.68. The molecule has 26 heavy (non-hydrogen) atoms. The number of ether oxygens (including phenoxy) is 1. The number of methoxy groups -OCH3 is 1. The minimum atomic E-state index is 0.439. The second-order valence-electron chi connectivity index (χ2n) is 6.84. The Kier molecular flexibility index (Phi) is 6.56. The summed E-state index contributed by atoms with van der Waals surface area (Å²) in [5, 5.41) is 18.8. The maximum absolute atomic E-state index is 8.75. The predicted molar refractivity (Wildman–Crippen MR) is 104 cm³/mol. The van der Waals surface area contributed by atoms with Crippen LogP contribution < -0.4 is 4.74 Å². The van der Waals surface area contributed by atoms with E-state index < -0.39 is 0 Å². The first-order valence-corrected chi connectivity index (χ1v) is 10.3. The molecule has 1 fully saturated rings. The lowest BCUT2D eigenvalue weighted by Gasteiger charge is -2.31. The third kappa shape index (κ3) is 4.21. The maximum Gasteiger partial charge on any atom is 0.191 e. The normalized spacial score (nSPS) is 19.9. The van der Waals surface area contributed by atoms with Gasteiger partial charge in [0.15, 0.2) is 11.0 Å². The van der Waals surface area contributed by atoms with Gasteiger partial charge in [0, 0.05) is 23.8 Å². The van der Waals surface area contributed by atoms with E-state index in [1.165, 1.54) is 25.7 Å². The van der Waals surface area contributed by atoms with E-state index in [1.807, 2.05) is 12.1 Å². The van der Waals surface area contributed by atoms with Gasteiger partial charge in [-0.05, 0) is 49.4 Å². The van der Waals surface area contributed by atoms with Gasteiger partial charge in [0.05, 0.1) is 13.2 Å². The van der Waals surface area contributed by atoms with Gasteiger partial charge in [-0.25, -0.2) is 0 Å². The van der Waals surface area contributed by atoms with Crippen molar-refractivity contribution in [2.45, 2.75) is 56.6 Å². The van der Waals surface area contributed by atoms with Crippen LogP contribution in [0.5, 0.6) is 5.75 Å². The fourth-order valence-electron chi connectivity index (χ4n) is 3.61. The Morgan fingerprint density at radius 1 is 1.23 bits per heavy atom. The van der Waals surface area contributed by atoms with Crippen LogP contribution >= 0.6 is 11.8 Å². The molecule has 1 saturated carbocycles. The summed E-state index contributed by atoms with van der Waals surface area (Å²) in [6.07, 6.45) is 6.46. The van der Waals surface area contributed by atoms with Gasteiger partial charge in [-0.1, -0.05) is 31.5 Å². The Morgan fingerprint density at radius 2 is 2.00 bits per heavy atom. The lowest BCUT2D eigenvalue weighted by Crippen LogP contribution is -2.22. The highest BCUT2D eigenvalue weighted by Crippen LogP contribution is 2.39. The van der Waals surface area contributed by atoms with Crippen molar-refractivity contribution in [1.82, 2.24) is 14.8 Å². The fraction of sp³-hybridized carbons (Fsp3) is 0.550. The average Bonchev–Trinajstić information content (AvgIpc) is 3.09. The number of unbranched alkanes of at least 4 members (excludes halogenated alkanes) is 1. The topological polar surface area (TPSA) is 63.7 Å². The van der Waals surface area contributed by atoms with Crippen molar-refractivity contribution in [1.29, 1.82) is 5.26 Å². The van der Waals surface area contributed by atoms with Gasteiger partial charge in [0.2, 0.25) is 0 Å². The molecule has 0 unspecified atom stereocenters. The van der Waals surface area contributed by atoms with Crippen LogP contribution in [0.2, 0.25) is 0 Å². The van der Waals surface area contributed by atoms with E-state index in [1.54, 1.807) is 18.9 Å². The smallest absolute Gasteiger partial charge is 0.191 e. The molecule has 1 aromatic heterocycles. The van der Waals surface area contributed by atoms with Crippen LogP contribution in [0.3, 0.4) is 0 Å². The van der Waals surface area contributed by atoms with E-state index in [9.17, 15) is 0 Å². The third-order valence-corrected chi connectivity index (χ3v) is 6.10. The van der Waals surface area contributed by atoms with Gasteiger partial charge in [-0.2, -0.15) is 5.26 Å². The van der Waals surface area contributed by atoms with Gasteiger partial charge >= 0.3 is 0 Å². The molecule has 6 heteroatoms. The van der Waals surface area contributed by atoms with Crippen molar-refractivity contribution in [2.24, 2.45) is 5.92 Å². The van der Waals surface area contributed by atoms with Gasteiger partial charge in [-0.3, -0.25) is 4.57 Å². The number of hydrogen-bond donors (Lipinski definition) is 0. The summed E-state index contributed by atoms with van der Waals surface area (Å²) in [6.45, 7) is 2.34. The molecular weight excluding hydrogens is 344 g/mol. The van der Waals surface area contributed by atoms with E-state index >= 15 is 0 Å². The molecule has 3 rings (SSSR count). The first-order valence-electron chi connectivity index (χ1n) is 9.33. The molecule has 0 spiro atoms. The molecule has 2 atom stereocenters. The highest BCUT2D eigenvalue weighted by atomic mass is 32.2. The third-order valence-electron chi connectivity index (χ3n) is 5.07. The standard InChI is InChI=1S/C20H26N4OS/c1-15-7-3-4-8-18(15)24-19(16-9-11-17(25-2)12-10-16)22-23-20(24)26-14-6-5-13-21/h9-12,15,18H,3-8,14H2,1-2H3/t15-,18-/m0/s1. The second-order valence-corrected chi connectivity index (χ2v) is 7.91. The lowest BCUT2D eigenvalue weighted by atomic mass is 9.85. The number of rotatable bonds is 7. The largest absolute Gasteiger partial charge is 0.497 e. The van der Waals surface area contributed by atoms with Crippen molar-refractivity contribution >= 4 is 11.8 Å². The zero-order chi connectivity index (χ0) is 18.4. The van der Waals surface area contributed by atoms with Crippen LogP contribution in [0.4, 0.5) is 0 Å². The van der Waals surface area contributed by atoms with Crippen LogP contribution in [-0.2, 0) is 0 Å². The maximum atomic E-state index is 8.75. The number of nitriles is 1. The number of hydrogen-bond acceptors (Lipinski definition) is 5. The second kappa shape index (κ2) is 9.09. The van der Waals surface area contributed by atoms with E-state index in [0.717, 1.165) is 34.5 Å². The quantitative estimate of drug-likeness (QED) is 0.501. The minimum Gasteiger partial charge on any atom is -0.497 e. The Bertz CT molecular complexity index is 750. The van der Waals surface area contributed by atoms with Crippen molar-refractivity contribution in [3.8, 4) is 23.2 Å². The molecule has 1 aliphatic carbocycles. The Morgan fingerprint density at radius 3 is 2.69 bits per heavy atom. The van der Waals surface area contributed by atoms with Gasteiger partial charge < -0.3 is 4.74 Å². The molecule has 1 aromatic carbocycles. The molecule has 1 heterocycles. The monoisotopic (exact) mass is 370 g/mol. The molecule has 0 aliphatic heterocycles. The van der Waals surface area contributed by atoms with Crippen molar-refractivity contribution in [3.63, 3.8) is 0 Å². The molecule has 0 amide bonds. The molecule has 138 valence electrons. The number of benzene rings is 1. The van der Waals surface area contributed by atoms with Crippen LogP contribution in [0.1, 0.15) is 51.5 Å². The molecule has 1 aliphatic rings. The first kappa shape index (κ1) is 18.8. The molecule has 0 saturated heterocycles. The van der Waals surface area contributed by atoms with Crippen LogP contribution in [0.15, 0.2) is 29.4 Å². The lowest BCUT2D eigenvalue weighted by molar-refractivity contribution is 0.247. The summed E-state index contributed by atoms with van der Waals surface area (Å²) in [4.78, 5) is 0. The van der Waals surface area contributed by atoms with Gasteiger partial charge in [0.25, 0.3) is 0 Å². The summed E-state index contributed by atoms with van der Waals surface area (Å²) in [5.74, 6) is 3.30. The van der Waals surface area contributed by atoms with Crippen molar-refractivity contribution < 1.29 is 4.74 Å². The first-order chi connectivity index (χ1) is 12.7. The number of thioether (sulfide) groups is 1. The number of nitrogens with zero attached hydrogens (tertiary/aromatic N) is 4. The number of aromatic nitrogens is 3. The SMILES string of the molecule is COc1ccc(-c2nnc(SCCCC#N)n2[C@H]2CCCC[C@@H]2C)cc1. The van der Waals surface area contributed by atoms with E-state index in [0.29, 0.717) is 18.4 Å². The molecule has 0 radical (unpaired) electrons. The van der Waals surface area contributed by atoms with Crippen LogP contribution in [0.25, 0.3) is 11.4 Å².